The summed E-state index contributed by atoms with van der Waals surface area (Å²) in [6, 6.07) is 0.0779. The zero-order chi connectivity index (χ0) is 14.6. The molecule has 1 atom stereocenters. The van der Waals surface area contributed by atoms with E-state index in [2.05, 4.69) is 22.3 Å². The Hall–Kier alpha value is -1.30. The molecule has 0 spiro atoms. The molecule has 0 heterocycles. The molecule has 1 unspecified atom stereocenters. The standard InChI is InChI=1S/C13H26N4O2/c1-9-7-13(8-9,11(14)16-19)12(18)15-10(2)5-6-17(3)4/h9-10,19H,5-8H2,1-4H3,(H2,14,16)(H,15,18). The average molecular weight is 270 g/mol. The van der Waals surface area contributed by atoms with Crippen LogP contribution in [0.15, 0.2) is 5.16 Å². The molecule has 1 aliphatic rings. The average Bonchev–Trinajstić information content (AvgIpc) is 2.30. The van der Waals surface area contributed by atoms with Crippen molar-refractivity contribution in [1.29, 1.82) is 0 Å². The van der Waals surface area contributed by atoms with E-state index in [0.717, 1.165) is 13.0 Å². The number of hydrogen-bond acceptors (Lipinski definition) is 4. The van der Waals surface area contributed by atoms with Gasteiger partial charge in [0.05, 0.1) is 0 Å². The largest absolute Gasteiger partial charge is 0.409 e. The summed E-state index contributed by atoms with van der Waals surface area (Å²) in [6.07, 6.45) is 2.17. The van der Waals surface area contributed by atoms with Crippen molar-refractivity contribution in [1.82, 2.24) is 10.2 Å². The van der Waals surface area contributed by atoms with Crippen molar-refractivity contribution in [2.75, 3.05) is 20.6 Å². The Bertz CT molecular complexity index is 349. The summed E-state index contributed by atoms with van der Waals surface area (Å²) in [4.78, 5) is 14.4. The first kappa shape index (κ1) is 15.8. The summed E-state index contributed by atoms with van der Waals surface area (Å²) in [5.41, 5.74) is 4.90. The van der Waals surface area contributed by atoms with Crippen LogP contribution in [-0.2, 0) is 4.79 Å². The molecule has 0 radical (unpaired) electrons. The Morgan fingerprint density at radius 1 is 1.58 bits per heavy atom. The van der Waals surface area contributed by atoms with Gasteiger partial charge in [0, 0.05) is 6.04 Å². The monoisotopic (exact) mass is 270 g/mol. The van der Waals surface area contributed by atoms with Crippen LogP contribution in [0.3, 0.4) is 0 Å². The Balaban J connectivity index is 2.60. The molecule has 0 saturated heterocycles. The number of hydrogen-bond donors (Lipinski definition) is 3. The van der Waals surface area contributed by atoms with Gasteiger partial charge in [-0.3, -0.25) is 4.79 Å². The second kappa shape index (κ2) is 6.23. The first-order valence-electron chi connectivity index (χ1n) is 6.75. The van der Waals surface area contributed by atoms with Crippen molar-refractivity contribution in [2.45, 2.75) is 39.2 Å². The van der Waals surface area contributed by atoms with E-state index in [9.17, 15) is 4.79 Å². The van der Waals surface area contributed by atoms with Crippen molar-refractivity contribution in [3.63, 3.8) is 0 Å². The van der Waals surface area contributed by atoms with Crippen LogP contribution in [0.25, 0.3) is 0 Å². The highest BCUT2D eigenvalue weighted by Crippen LogP contribution is 2.45. The van der Waals surface area contributed by atoms with Crippen molar-refractivity contribution >= 4 is 11.7 Å². The van der Waals surface area contributed by atoms with E-state index in [0.29, 0.717) is 18.8 Å². The molecule has 19 heavy (non-hydrogen) atoms. The van der Waals surface area contributed by atoms with Gasteiger partial charge in [-0.25, -0.2) is 0 Å². The number of nitrogens with one attached hydrogen (secondary N) is 1. The summed E-state index contributed by atoms with van der Waals surface area (Å²) in [5, 5.41) is 14.9. The lowest BCUT2D eigenvalue weighted by atomic mass is 9.61. The van der Waals surface area contributed by atoms with Gasteiger partial charge in [-0.05, 0) is 52.7 Å². The topological polar surface area (TPSA) is 91.0 Å². The number of amidine groups is 1. The molecule has 1 aliphatic carbocycles. The van der Waals surface area contributed by atoms with Crippen LogP contribution in [0.2, 0.25) is 0 Å². The first-order valence-corrected chi connectivity index (χ1v) is 6.75. The fourth-order valence-electron chi connectivity index (χ4n) is 2.62. The van der Waals surface area contributed by atoms with Crippen molar-refractivity contribution in [3.8, 4) is 0 Å². The minimum absolute atomic E-state index is 0.0305. The normalized spacial score (nSPS) is 28.9. The molecule has 1 fully saturated rings. The third-order valence-corrected chi connectivity index (χ3v) is 3.81. The zero-order valence-electron chi connectivity index (χ0n) is 12.3. The summed E-state index contributed by atoms with van der Waals surface area (Å²) >= 11 is 0. The number of rotatable bonds is 6. The molecule has 110 valence electrons. The molecular formula is C13H26N4O2. The first-order chi connectivity index (χ1) is 8.81. The van der Waals surface area contributed by atoms with Gasteiger partial charge in [-0.2, -0.15) is 0 Å². The molecule has 4 N–H and O–H groups in total. The number of amides is 1. The molecule has 0 aromatic rings. The predicted molar refractivity (Wildman–Crippen MR) is 75.0 cm³/mol. The van der Waals surface area contributed by atoms with Crippen LogP contribution < -0.4 is 11.1 Å². The lowest BCUT2D eigenvalue weighted by Gasteiger charge is -2.44. The maximum Gasteiger partial charge on any atom is 0.234 e. The van der Waals surface area contributed by atoms with Crippen LogP contribution in [0.5, 0.6) is 0 Å². The number of nitrogens with zero attached hydrogens (tertiary/aromatic N) is 2. The van der Waals surface area contributed by atoms with Gasteiger partial charge in [-0.1, -0.05) is 12.1 Å². The molecule has 0 aromatic heterocycles. The Kier molecular flexibility index (Phi) is 5.17. The molecular weight excluding hydrogens is 244 g/mol. The Labute approximate surface area is 115 Å². The second-order valence-electron chi connectivity index (χ2n) is 6.05. The third-order valence-electron chi connectivity index (χ3n) is 3.81. The van der Waals surface area contributed by atoms with E-state index in [4.69, 9.17) is 10.9 Å². The minimum Gasteiger partial charge on any atom is -0.409 e. The summed E-state index contributed by atoms with van der Waals surface area (Å²) in [7, 11) is 4.00. The molecule has 0 aliphatic heterocycles. The Morgan fingerprint density at radius 3 is 2.58 bits per heavy atom. The number of nitrogens with two attached hydrogens (primary N) is 1. The summed E-state index contributed by atoms with van der Waals surface area (Å²) in [6.45, 7) is 4.95. The maximum atomic E-state index is 12.4. The highest BCUT2D eigenvalue weighted by molar-refractivity contribution is 6.07. The molecule has 1 saturated carbocycles. The van der Waals surface area contributed by atoms with Crippen LogP contribution in [-0.4, -0.2) is 48.5 Å². The van der Waals surface area contributed by atoms with E-state index in [1.807, 2.05) is 21.0 Å². The molecule has 1 amide bonds. The SMILES string of the molecule is CC1CC(C(=O)NC(C)CCN(C)C)(C(N)=NO)C1. The lowest BCUT2D eigenvalue weighted by molar-refractivity contribution is -0.133. The smallest absolute Gasteiger partial charge is 0.234 e. The van der Waals surface area contributed by atoms with Gasteiger partial charge in [-0.15, -0.1) is 0 Å². The fraction of sp³-hybridized carbons (Fsp3) is 0.846. The van der Waals surface area contributed by atoms with Gasteiger partial charge >= 0.3 is 0 Å². The van der Waals surface area contributed by atoms with Crippen LogP contribution in [0, 0.1) is 11.3 Å². The van der Waals surface area contributed by atoms with Gasteiger partial charge < -0.3 is 21.2 Å². The van der Waals surface area contributed by atoms with Crippen molar-refractivity contribution in [3.05, 3.63) is 0 Å². The lowest BCUT2D eigenvalue weighted by Crippen LogP contribution is -2.58. The van der Waals surface area contributed by atoms with E-state index < -0.39 is 5.41 Å². The molecule has 1 rings (SSSR count). The van der Waals surface area contributed by atoms with Crippen molar-refractivity contribution in [2.24, 2.45) is 22.2 Å². The highest BCUT2D eigenvalue weighted by Gasteiger charge is 2.52. The van der Waals surface area contributed by atoms with Crippen molar-refractivity contribution < 1.29 is 10.0 Å². The quantitative estimate of drug-likeness (QED) is 0.285. The van der Waals surface area contributed by atoms with Crippen LogP contribution in [0.4, 0.5) is 0 Å². The fourth-order valence-corrected chi connectivity index (χ4v) is 2.62. The molecule has 0 aromatic carbocycles. The van der Waals surface area contributed by atoms with E-state index in [1.54, 1.807) is 0 Å². The second-order valence-corrected chi connectivity index (χ2v) is 6.05. The summed E-state index contributed by atoms with van der Waals surface area (Å²) < 4.78 is 0. The number of oxime groups is 1. The molecule has 6 nitrogen and oxygen atoms in total. The third kappa shape index (κ3) is 3.59. The van der Waals surface area contributed by atoms with Gasteiger partial charge in [0.1, 0.15) is 5.41 Å². The highest BCUT2D eigenvalue weighted by atomic mass is 16.4. The van der Waals surface area contributed by atoms with Gasteiger partial charge in [0.2, 0.25) is 5.91 Å². The molecule has 6 heteroatoms. The van der Waals surface area contributed by atoms with E-state index in [1.165, 1.54) is 0 Å². The van der Waals surface area contributed by atoms with E-state index in [-0.39, 0.29) is 17.8 Å². The van der Waals surface area contributed by atoms with E-state index >= 15 is 0 Å². The predicted octanol–water partition coefficient (Wildman–Crippen LogP) is 0.606. The van der Waals surface area contributed by atoms with Crippen LogP contribution >= 0.6 is 0 Å². The minimum atomic E-state index is -0.805. The maximum absolute atomic E-state index is 12.4. The molecule has 0 bridgehead atoms. The van der Waals surface area contributed by atoms with Gasteiger partial charge in [0.15, 0.2) is 5.84 Å². The number of carbonyl (C=O) groups is 1. The number of carbonyl (C=O) groups excluding carboxylic acids is 1. The van der Waals surface area contributed by atoms with Crippen LogP contribution in [0.1, 0.15) is 33.1 Å². The van der Waals surface area contributed by atoms with Gasteiger partial charge in [0.25, 0.3) is 0 Å². The Morgan fingerprint density at radius 2 is 2.16 bits per heavy atom. The zero-order valence-corrected chi connectivity index (χ0v) is 12.3. The summed E-state index contributed by atoms with van der Waals surface area (Å²) in [5.74, 6) is 0.346.